The van der Waals surface area contributed by atoms with Gasteiger partial charge in [0.05, 0.1) is 11.0 Å². The van der Waals surface area contributed by atoms with Crippen LogP contribution in [0.25, 0.3) is 0 Å². The second kappa shape index (κ2) is 7.62. The summed E-state index contributed by atoms with van der Waals surface area (Å²) in [6.45, 7) is 6.67. The van der Waals surface area contributed by atoms with Gasteiger partial charge in [-0.25, -0.2) is 9.78 Å². The first kappa shape index (κ1) is 18.2. The highest BCUT2D eigenvalue weighted by atomic mass is 35.5. The van der Waals surface area contributed by atoms with Crippen molar-refractivity contribution in [2.75, 3.05) is 13.1 Å². The first-order chi connectivity index (χ1) is 10.7. The van der Waals surface area contributed by atoms with Crippen molar-refractivity contribution in [2.24, 2.45) is 0 Å². The van der Waals surface area contributed by atoms with Gasteiger partial charge in [0.15, 0.2) is 0 Å². The minimum Gasteiger partial charge on any atom is -0.444 e. The molecule has 1 fully saturated rings. The summed E-state index contributed by atoms with van der Waals surface area (Å²) in [7, 11) is -1.06. The number of rotatable bonds is 3. The lowest BCUT2D eigenvalue weighted by Crippen LogP contribution is -2.46. The Morgan fingerprint density at radius 2 is 2.22 bits per heavy atom. The Hall–Kier alpha value is -1.14. The second-order valence-electron chi connectivity index (χ2n) is 6.70. The van der Waals surface area contributed by atoms with Crippen molar-refractivity contribution in [1.82, 2.24) is 9.88 Å². The highest BCUT2D eigenvalue weighted by Gasteiger charge is 2.30. The lowest BCUT2D eigenvalue weighted by atomic mass is 10.1. The number of hydrogen-bond donors (Lipinski definition) is 0. The first-order valence-electron chi connectivity index (χ1n) is 7.70. The van der Waals surface area contributed by atoms with Gasteiger partial charge in [0.1, 0.15) is 10.8 Å². The third-order valence-electron chi connectivity index (χ3n) is 3.50. The van der Waals surface area contributed by atoms with Crippen molar-refractivity contribution in [1.29, 1.82) is 0 Å². The summed E-state index contributed by atoms with van der Waals surface area (Å²) in [6, 6.07) is 3.53. The molecule has 7 heteroatoms. The van der Waals surface area contributed by atoms with Crippen LogP contribution in [-0.2, 0) is 21.3 Å². The Morgan fingerprint density at radius 3 is 2.83 bits per heavy atom. The van der Waals surface area contributed by atoms with E-state index in [0.29, 0.717) is 24.0 Å². The van der Waals surface area contributed by atoms with Gasteiger partial charge in [-0.05, 0) is 45.2 Å². The number of piperidine rings is 1. The van der Waals surface area contributed by atoms with Crippen LogP contribution < -0.4 is 0 Å². The largest absolute Gasteiger partial charge is 0.444 e. The molecule has 0 saturated carbocycles. The molecule has 1 aliphatic heterocycles. The number of hydrogen-bond acceptors (Lipinski definition) is 4. The molecular formula is C16H23ClN2O3S. The molecule has 1 aromatic rings. The summed E-state index contributed by atoms with van der Waals surface area (Å²) >= 11 is 5.76. The molecule has 2 atom stereocenters. The summed E-state index contributed by atoms with van der Waals surface area (Å²) in [5.74, 6) is 0.428. The van der Waals surface area contributed by atoms with Crippen molar-refractivity contribution in [3.63, 3.8) is 0 Å². The van der Waals surface area contributed by atoms with E-state index in [1.807, 2.05) is 26.8 Å². The van der Waals surface area contributed by atoms with E-state index in [0.717, 1.165) is 18.4 Å². The quantitative estimate of drug-likeness (QED) is 0.777. The Kier molecular flexibility index (Phi) is 6.03. The number of likely N-dealkylation sites (tertiary alicyclic amines) is 1. The molecule has 0 radical (unpaired) electrons. The average Bonchev–Trinajstić information content (AvgIpc) is 2.48. The zero-order valence-electron chi connectivity index (χ0n) is 13.8. The Labute approximate surface area is 144 Å². The Morgan fingerprint density at radius 1 is 1.48 bits per heavy atom. The predicted octanol–water partition coefficient (Wildman–Crippen LogP) is 3.38. The number of nitrogens with zero attached hydrogens (tertiary/aromatic N) is 2. The minimum atomic E-state index is -1.06. The molecule has 5 nitrogen and oxygen atoms in total. The molecule has 0 spiro atoms. The Bertz CT molecular complexity index is 572. The molecule has 0 aliphatic carbocycles. The van der Waals surface area contributed by atoms with Gasteiger partial charge in [0.25, 0.3) is 0 Å². The SMILES string of the molecule is CC(C)(C)OC(=O)N1CCCC(S(=O)Cc2ccc(Cl)nc2)C1. The molecule has 1 amide bonds. The first-order valence-corrected chi connectivity index (χ1v) is 9.46. The maximum absolute atomic E-state index is 12.6. The van der Waals surface area contributed by atoms with Gasteiger partial charge in [-0.1, -0.05) is 17.7 Å². The van der Waals surface area contributed by atoms with Crippen molar-refractivity contribution in [3.8, 4) is 0 Å². The van der Waals surface area contributed by atoms with Crippen molar-refractivity contribution >= 4 is 28.5 Å². The number of pyridine rings is 1. The number of carbonyl (C=O) groups is 1. The molecular weight excluding hydrogens is 336 g/mol. The van der Waals surface area contributed by atoms with E-state index < -0.39 is 16.4 Å². The predicted molar refractivity (Wildman–Crippen MR) is 91.9 cm³/mol. The highest BCUT2D eigenvalue weighted by molar-refractivity contribution is 7.84. The van der Waals surface area contributed by atoms with Gasteiger partial charge >= 0.3 is 6.09 Å². The average molecular weight is 359 g/mol. The van der Waals surface area contributed by atoms with Crippen LogP contribution in [0, 0.1) is 0 Å². The fourth-order valence-corrected chi connectivity index (χ4v) is 4.04. The number of amides is 1. The summed E-state index contributed by atoms with van der Waals surface area (Å²) in [4.78, 5) is 17.8. The lowest BCUT2D eigenvalue weighted by molar-refractivity contribution is 0.0219. The number of carbonyl (C=O) groups excluding carboxylic acids is 1. The van der Waals surface area contributed by atoms with E-state index >= 15 is 0 Å². The van der Waals surface area contributed by atoms with Crippen LogP contribution in [0.3, 0.4) is 0 Å². The van der Waals surface area contributed by atoms with Gasteiger partial charge in [0.2, 0.25) is 0 Å². The van der Waals surface area contributed by atoms with Gasteiger partial charge in [0, 0.05) is 30.1 Å². The molecule has 128 valence electrons. The molecule has 1 aliphatic rings. The molecule has 0 aromatic carbocycles. The van der Waals surface area contributed by atoms with Gasteiger partial charge in [-0.2, -0.15) is 0 Å². The monoisotopic (exact) mass is 358 g/mol. The molecule has 2 unspecified atom stereocenters. The Balaban J connectivity index is 1.93. The van der Waals surface area contributed by atoms with Crippen molar-refractivity contribution in [3.05, 3.63) is 29.0 Å². The maximum Gasteiger partial charge on any atom is 0.410 e. The summed E-state index contributed by atoms with van der Waals surface area (Å²) in [6.07, 6.45) is 3.02. The standard InChI is InChI=1S/C16H23ClN2O3S/c1-16(2,3)22-15(20)19-8-4-5-13(10-19)23(21)11-12-6-7-14(17)18-9-12/h6-7,9,13H,4-5,8,10-11H2,1-3H3. The summed E-state index contributed by atoms with van der Waals surface area (Å²) in [5.41, 5.74) is 0.375. The topological polar surface area (TPSA) is 59.5 Å². The van der Waals surface area contributed by atoms with Crippen LogP contribution in [0.15, 0.2) is 18.3 Å². The normalized spacial score (nSPS) is 20.2. The highest BCUT2D eigenvalue weighted by Crippen LogP contribution is 2.20. The zero-order valence-corrected chi connectivity index (χ0v) is 15.3. The zero-order chi connectivity index (χ0) is 17.0. The number of halogens is 1. The summed E-state index contributed by atoms with van der Waals surface area (Å²) in [5, 5.41) is 0.389. The van der Waals surface area contributed by atoms with Gasteiger partial charge in [-0.3, -0.25) is 4.21 Å². The van der Waals surface area contributed by atoms with Crippen LogP contribution in [0.5, 0.6) is 0 Å². The van der Waals surface area contributed by atoms with Gasteiger partial charge < -0.3 is 9.64 Å². The van der Waals surface area contributed by atoms with Crippen LogP contribution in [0.1, 0.15) is 39.2 Å². The molecule has 1 saturated heterocycles. The molecule has 1 aromatic heterocycles. The van der Waals surface area contributed by atoms with E-state index in [9.17, 15) is 9.00 Å². The van der Waals surface area contributed by atoms with Gasteiger partial charge in [-0.15, -0.1) is 0 Å². The van der Waals surface area contributed by atoms with Crippen LogP contribution in [0.4, 0.5) is 4.79 Å². The van der Waals surface area contributed by atoms with E-state index in [1.165, 1.54) is 0 Å². The molecule has 0 N–H and O–H groups in total. The van der Waals surface area contributed by atoms with E-state index in [4.69, 9.17) is 16.3 Å². The molecule has 23 heavy (non-hydrogen) atoms. The fraction of sp³-hybridized carbons (Fsp3) is 0.625. The third-order valence-corrected chi connectivity index (χ3v) is 5.47. The van der Waals surface area contributed by atoms with Crippen molar-refractivity contribution < 1.29 is 13.7 Å². The number of aromatic nitrogens is 1. The third kappa shape index (κ3) is 5.77. The van der Waals surface area contributed by atoms with E-state index in [2.05, 4.69) is 4.98 Å². The van der Waals surface area contributed by atoms with E-state index in [1.54, 1.807) is 17.2 Å². The molecule has 0 bridgehead atoms. The van der Waals surface area contributed by atoms with Crippen LogP contribution in [-0.4, -0.2) is 44.1 Å². The smallest absolute Gasteiger partial charge is 0.410 e. The van der Waals surface area contributed by atoms with E-state index in [-0.39, 0.29) is 11.3 Å². The van der Waals surface area contributed by atoms with Crippen LogP contribution in [0.2, 0.25) is 5.15 Å². The molecule has 2 heterocycles. The fourth-order valence-electron chi connectivity index (χ4n) is 2.42. The lowest BCUT2D eigenvalue weighted by Gasteiger charge is -2.33. The minimum absolute atomic E-state index is 0.0352. The summed E-state index contributed by atoms with van der Waals surface area (Å²) < 4.78 is 18.0. The maximum atomic E-state index is 12.6. The number of ether oxygens (including phenoxy) is 1. The second-order valence-corrected chi connectivity index (χ2v) is 8.81. The van der Waals surface area contributed by atoms with Crippen molar-refractivity contribution in [2.45, 2.75) is 50.2 Å². The molecule has 2 rings (SSSR count). The van der Waals surface area contributed by atoms with Crippen LogP contribution >= 0.6 is 11.6 Å².